The van der Waals surface area contributed by atoms with E-state index in [9.17, 15) is 0 Å². The molecule has 0 radical (unpaired) electrons. The molecule has 0 aliphatic carbocycles. The van der Waals surface area contributed by atoms with Crippen LogP contribution >= 0.6 is 0 Å². The van der Waals surface area contributed by atoms with Gasteiger partial charge in [-0.15, -0.1) is 0 Å². The fourth-order valence-corrected chi connectivity index (χ4v) is 2.05. The van der Waals surface area contributed by atoms with E-state index in [1.54, 1.807) is 0 Å². The Bertz CT molecular complexity index is 294. The van der Waals surface area contributed by atoms with Crippen molar-refractivity contribution in [2.75, 3.05) is 19.6 Å². The second-order valence-corrected chi connectivity index (χ2v) is 3.90. The Morgan fingerprint density at radius 1 is 1.71 bits per heavy atom. The lowest BCUT2D eigenvalue weighted by Crippen LogP contribution is -2.19. The van der Waals surface area contributed by atoms with Crippen LogP contribution < -0.4 is 5.73 Å². The first kappa shape index (κ1) is 9.68. The molecule has 14 heavy (non-hydrogen) atoms. The number of nitrogens with zero attached hydrogens (tertiary/aromatic N) is 2. The summed E-state index contributed by atoms with van der Waals surface area (Å²) in [5, 5.41) is 7.28. The summed E-state index contributed by atoms with van der Waals surface area (Å²) in [5.41, 5.74) is 7.75. The molecule has 0 bridgehead atoms. The van der Waals surface area contributed by atoms with Crippen molar-refractivity contribution in [2.45, 2.75) is 25.8 Å². The van der Waals surface area contributed by atoms with Crippen LogP contribution in [0.25, 0.3) is 0 Å². The summed E-state index contributed by atoms with van der Waals surface area (Å²) in [5.74, 6) is 0.603. The van der Waals surface area contributed by atoms with E-state index < -0.39 is 0 Å². The summed E-state index contributed by atoms with van der Waals surface area (Å²) in [6.45, 7) is 6.25. The Balaban J connectivity index is 2.02. The Morgan fingerprint density at radius 2 is 2.57 bits per heavy atom. The van der Waals surface area contributed by atoms with E-state index in [-0.39, 0.29) is 0 Å². The standard InChI is InChI=1S/C10H18N4/c1-2-14-4-3-8(7-14)10-5-9(6-11)12-13-10/h5,8H,2-4,6-7,11H2,1H3,(H,12,13). The molecular weight excluding hydrogens is 176 g/mol. The van der Waals surface area contributed by atoms with E-state index in [1.807, 2.05) is 0 Å². The number of likely N-dealkylation sites (tertiary alicyclic amines) is 1. The minimum absolute atomic E-state index is 0.553. The first-order chi connectivity index (χ1) is 6.83. The van der Waals surface area contributed by atoms with E-state index in [0.29, 0.717) is 12.5 Å². The highest BCUT2D eigenvalue weighted by molar-refractivity contribution is 5.14. The molecule has 1 saturated heterocycles. The minimum Gasteiger partial charge on any atom is -0.325 e. The molecule has 4 heteroatoms. The Labute approximate surface area is 84.5 Å². The fourth-order valence-electron chi connectivity index (χ4n) is 2.05. The molecule has 1 aromatic rings. The molecule has 1 atom stereocenters. The third-order valence-corrected chi connectivity index (χ3v) is 3.01. The number of H-pyrrole nitrogens is 1. The number of rotatable bonds is 3. The Kier molecular flexibility index (Phi) is 2.84. The minimum atomic E-state index is 0.553. The second kappa shape index (κ2) is 4.11. The van der Waals surface area contributed by atoms with Gasteiger partial charge in [0.25, 0.3) is 0 Å². The fraction of sp³-hybridized carbons (Fsp3) is 0.700. The molecule has 0 aromatic carbocycles. The van der Waals surface area contributed by atoms with Crippen LogP contribution in [-0.2, 0) is 6.54 Å². The zero-order valence-corrected chi connectivity index (χ0v) is 8.66. The van der Waals surface area contributed by atoms with Crippen molar-refractivity contribution in [3.63, 3.8) is 0 Å². The molecular formula is C10H18N4. The largest absolute Gasteiger partial charge is 0.325 e. The Morgan fingerprint density at radius 3 is 3.14 bits per heavy atom. The quantitative estimate of drug-likeness (QED) is 0.744. The molecule has 4 nitrogen and oxygen atoms in total. The molecule has 78 valence electrons. The molecule has 1 fully saturated rings. The summed E-state index contributed by atoms with van der Waals surface area (Å²) in [6.07, 6.45) is 1.22. The van der Waals surface area contributed by atoms with E-state index in [0.717, 1.165) is 18.8 Å². The van der Waals surface area contributed by atoms with Crippen molar-refractivity contribution < 1.29 is 0 Å². The predicted octanol–water partition coefficient (Wildman–Crippen LogP) is 0.678. The molecule has 2 rings (SSSR count). The van der Waals surface area contributed by atoms with Gasteiger partial charge in [-0.2, -0.15) is 5.10 Å². The maximum atomic E-state index is 5.53. The predicted molar refractivity (Wildman–Crippen MR) is 56.0 cm³/mol. The van der Waals surface area contributed by atoms with Gasteiger partial charge in [-0.05, 0) is 25.6 Å². The topological polar surface area (TPSA) is 57.9 Å². The molecule has 0 saturated carbocycles. The Hall–Kier alpha value is -0.870. The summed E-state index contributed by atoms with van der Waals surface area (Å²) in [7, 11) is 0. The van der Waals surface area contributed by atoms with Crippen LogP contribution in [0, 0.1) is 0 Å². The van der Waals surface area contributed by atoms with Gasteiger partial charge in [0.1, 0.15) is 0 Å². The van der Waals surface area contributed by atoms with E-state index in [1.165, 1.54) is 18.7 Å². The van der Waals surface area contributed by atoms with Crippen LogP contribution in [0.15, 0.2) is 6.07 Å². The number of likely N-dealkylation sites (N-methyl/N-ethyl adjacent to an activating group) is 1. The van der Waals surface area contributed by atoms with Crippen molar-refractivity contribution in [1.29, 1.82) is 0 Å². The molecule has 1 unspecified atom stereocenters. The first-order valence-electron chi connectivity index (χ1n) is 5.30. The van der Waals surface area contributed by atoms with Crippen molar-refractivity contribution in [2.24, 2.45) is 5.73 Å². The second-order valence-electron chi connectivity index (χ2n) is 3.90. The summed E-state index contributed by atoms with van der Waals surface area (Å²) < 4.78 is 0. The van der Waals surface area contributed by atoms with Gasteiger partial charge in [0.15, 0.2) is 0 Å². The number of aromatic amines is 1. The number of hydrogen-bond donors (Lipinski definition) is 2. The maximum absolute atomic E-state index is 5.53. The SMILES string of the molecule is CCN1CCC(c2cc(CN)[nH]n2)C1. The van der Waals surface area contributed by atoms with E-state index in [2.05, 4.69) is 28.1 Å². The number of hydrogen-bond acceptors (Lipinski definition) is 3. The van der Waals surface area contributed by atoms with Gasteiger partial charge in [0.05, 0.1) is 5.69 Å². The molecule has 0 spiro atoms. The van der Waals surface area contributed by atoms with Gasteiger partial charge in [-0.1, -0.05) is 6.92 Å². The lowest BCUT2D eigenvalue weighted by atomic mass is 10.1. The number of nitrogens with one attached hydrogen (secondary N) is 1. The third kappa shape index (κ3) is 1.81. The van der Waals surface area contributed by atoms with Crippen LogP contribution in [0.3, 0.4) is 0 Å². The van der Waals surface area contributed by atoms with Crippen LogP contribution in [0.2, 0.25) is 0 Å². The number of aromatic nitrogens is 2. The lowest BCUT2D eigenvalue weighted by molar-refractivity contribution is 0.353. The highest BCUT2D eigenvalue weighted by atomic mass is 15.2. The van der Waals surface area contributed by atoms with Gasteiger partial charge in [-0.25, -0.2) is 0 Å². The van der Waals surface area contributed by atoms with Gasteiger partial charge in [0, 0.05) is 24.7 Å². The van der Waals surface area contributed by atoms with Crippen molar-refractivity contribution in [3.8, 4) is 0 Å². The molecule has 0 amide bonds. The zero-order valence-electron chi connectivity index (χ0n) is 8.66. The summed E-state index contributed by atoms with van der Waals surface area (Å²) in [6, 6.07) is 2.10. The lowest BCUT2D eigenvalue weighted by Gasteiger charge is -2.11. The van der Waals surface area contributed by atoms with E-state index >= 15 is 0 Å². The third-order valence-electron chi connectivity index (χ3n) is 3.01. The van der Waals surface area contributed by atoms with Gasteiger partial charge >= 0.3 is 0 Å². The van der Waals surface area contributed by atoms with Crippen LogP contribution in [0.5, 0.6) is 0 Å². The van der Waals surface area contributed by atoms with Crippen LogP contribution in [0.1, 0.15) is 30.7 Å². The normalized spacial score (nSPS) is 23.1. The molecule has 3 N–H and O–H groups in total. The van der Waals surface area contributed by atoms with Crippen molar-refractivity contribution in [1.82, 2.24) is 15.1 Å². The molecule has 2 heterocycles. The molecule has 1 aliphatic heterocycles. The van der Waals surface area contributed by atoms with Crippen LogP contribution in [-0.4, -0.2) is 34.7 Å². The highest BCUT2D eigenvalue weighted by Gasteiger charge is 2.24. The first-order valence-corrected chi connectivity index (χ1v) is 5.30. The van der Waals surface area contributed by atoms with Crippen molar-refractivity contribution in [3.05, 3.63) is 17.5 Å². The van der Waals surface area contributed by atoms with E-state index in [4.69, 9.17) is 5.73 Å². The number of nitrogens with two attached hydrogens (primary N) is 1. The smallest absolute Gasteiger partial charge is 0.0669 e. The van der Waals surface area contributed by atoms with Gasteiger partial charge in [0.2, 0.25) is 0 Å². The molecule has 1 aliphatic rings. The van der Waals surface area contributed by atoms with Gasteiger partial charge < -0.3 is 10.6 Å². The summed E-state index contributed by atoms with van der Waals surface area (Å²) in [4.78, 5) is 2.46. The molecule has 1 aromatic heterocycles. The van der Waals surface area contributed by atoms with Crippen LogP contribution in [0.4, 0.5) is 0 Å². The highest BCUT2D eigenvalue weighted by Crippen LogP contribution is 2.25. The monoisotopic (exact) mass is 194 g/mol. The average molecular weight is 194 g/mol. The van der Waals surface area contributed by atoms with Gasteiger partial charge in [-0.3, -0.25) is 5.10 Å². The average Bonchev–Trinajstić information content (AvgIpc) is 2.86. The zero-order chi connectivity index (χ0) is 9.97. The summed E-state index contributed by atoms with van der Waals surface area (Å²) >= 11 is 0. The van der Waals surface area contributed by atoms with Crippen molar-refractivity contribution >= 4 is 0 Å². The maximum Gasteiger partial charge on any atom is 0.0669 e.